The van der Waals surface area contributed by atoms with Gasteiger partial charge in [-0.2, -0.15) is 0 Å². The maximum absolute atomic E-state index is 12.0. The molecule has 2 aromatic carbocycles. The van der Waals surface area contributed by atoms with Crippen molar-refractivity contribution >= 4 is 22.6 Å². The molecule has 0 aliphatic carbocycles. The Bertz CT molecular complexity index is 889. The van der Waals surface area contributed by atoms with E-state index in [0.717, 1.165) is 11.0 Å². The number of aromatic nitrogens is 2. The normalized spacial score (nSPS) is 11.9. The maximum Gasteiger partial charge on any atom is 0.310 e. The predicted molar refractivity (Wildman–Crippen MR) is 91.2 cm³/mol. The molecule has 1 amide bonds. The highest BCUT2D eigenvalue weighted by Gasteiger charge is 2.17. The molecule has 1 unspecified atom stereocenters. The second-order valence-corrected chi connectivity index (χ2v) is 5.44. The Balaban J connectivity index is 1.61. The lowest BCUT2D eigenvalue weighted by molar-refractivity contribution is -0.385. The Hall–Kier alpha value is -3.42. The van der Waals surface area contributed by atoms with Gasteiger partial charge in [-0.25, -0.2) is 4.98 Å². The number of aromatic amines is 1. The van der Waals surface area contributed by atoms with E-state index >= 15 is 0 Å². The van der Waals surface area contributed by atoms with Gasteiger partial charge in [-0.05, 0) is 25.1 Å². The number of para-hydroxylation sites is 4. The van der Waals surface area contributed by atoms with Crippen LogP contribution in [0.2, 0.25) is 0 Å². The number of fused-ring (bicyclic) bond motifs is 1. The number of carbonyl (C=O) groups is 1. The van der Waals surface area contributed by atoms with E-state index in [4.69, 9.17) is 4.74 Å². The van der Waals surface area contributed by atoms with Gasteiger partial charge in [-0.1, -0.05) is 24.3 Å². The summed E-state index contributed by atoms with van der Waals surface area (Å²) in [7, 11) is 0. The van der Waals surface area contributed by atoms with Crippen LogP contribution in [0.5, 0.6) is 5.75 Å². The Morgan fingerprint density at radius 2 is 2.00 bits per heavy atom. The summed E-state index contributed by atoms with van der Waals surface area (Å²) < 4.78 is 5.27. The first kappa shape index (κ1) is 16.4. The number of nitrogens with one attached hydrogen (secondary N) is 2. The number of nitro groups is 1. The molecule has 0 spiro atoms. The maximum atomic E-state index is 12.0. The molecule has 3 aromatic rings. The minimum Gasteiger partial charge on any atom is -0.477 e. The smallest absolute Gasteiger partial charge is 0.310 e. The number of imidazole rings is 1. The fourth-order valence-electron chi connectivity index (χ4n) is 2.40. The third-order valence-corrected chi connectivity index (χ3v) is 3.62. The summed E-state index contributed by atoms with van der Waals surface area (Å²) in [5.74, 6) is 0.283. The molecule has 3 rings (SSSR count). The topological polar surface area (TPSA) is 110 Å². The lowest BCUT2D eigenvalue weighted by Gasteiger charge is -2.12. The van der Waals surface area contributed by atoms with Crippen LogP contribution in [0.4, 0.5) is 5.69 Å². The average Bonchev–Trinajstić information content (AvgIpc) is 3.04. The first-order chi connectivity index (χ1) is 12.0. The monoisotopic (exact) mass is 340 g/mol. The van der Waals surface area contributed by atoms with Crippen LogP contribution in [0.3, 0.4) is 0 Å². The summed E-state index contributed by atoms with van der Waals surface area (Å²) in [6.07, 6.45) is 0. The number of ether oxygens (including phenoxy) is 1. The molecule has 0 bridgehead atoms. The molecule has 0 aliphatic rings. The summed E-state index contributed by atoms with van der Waals surface area (Å²) in [6, 6.07) is 13.1. The number of nitrogens with zero attached hydrogens (tertiary/aromatic N) is 2. The third-order valence-electron chi connectivity index (χ3n) is 3.62. The molecular weight excluding hydrogens is 324 g/mol. The van der Waals surface area contributed by atoms with Gasteiger partial charge in [0.25, 0.3) is 5.91 Å². The molecule has 1 aromatic heterocycles. The van der Waals surface area contributed by atoms with Crippen molar-refractivity contribution in [3.8, 4) is 5.75 Å². The number of nitro benzene ring substituents is 1. The van der Waals surface area contributed by atoms with Crippen molar-refractivity contribution in [2.24, 2.45) is 0 Å². The molecule has 1 heterocycles. The minimum atomic E-state index is -0.551. The van der Waals surface area contributed by atoms with Crippen molar-refractivity contribution in [3.63, 3.8) is 0 Å². The van der Waals surface area contributed by atoms with Gasteiger partial charge in [-0.3, -0.25) is 14.9 Å². The van der Waals surface area contributed by atoms with Crippen LogP contribution in [-0.4, -0.2) is 27.4 Å². The van der Waals surface area contributed by atoms with E-state index in [2.05, 4.69) is 15.3 Å². The predicted octanol–water partition coefficient (Wildman–Crippen LogP) is 2.73. The lowest BCUT2D eigenvalue weighted by Crippen LogP contribution is -2.31. The Kier molecular flexibility index (Phi) is 4.60. The lowest BCUT2D eigenvalue weighted by atomic mass is 10.3. The van der Waals surface area contributed by atoms with Gasteiger partial charge in [0.15, 0.2) is 12.4 Å². The van der Waals surface area contributed by atoms with Crippen molar-refractivity contribution in [3.05, 3.63) is 64.5 Å². The van der Waals surface area contributed by atoms with Crippen LogP contribution in [-0.2, 0) is 4.79 Å². The number of rotatable bonds is 6. The number of benzene rings is 2. The SMILES string of the molecule is CC(NC(=O)COc1ccccc1[N+](=O)[O-])c1nc2ccccc2[nH]1. The van der Waals surface area contributed by atoms with Gasteiger partial charge in [0.05, 0.1) is 22.0 Å². The van der Waals surface area contributed by atoms with Crippen LogP contribution in [0.15, 0.2) is 48.5 Å². The van der Waals surface area contributed by atoms with Crippen molar-refractivity contribution in [2.75, 3.05) is 6.61 Å². The highest BCUT2D eigenvalue weighted by Crippen LogP contribution is 2.25. The molecule has 25 heavy (non-hydrogen) atoms. The number of carbonyl (C=O) groups excluding carboxylic acids is 1. The molecule has 128 valence electrons. The number of H-pyrrole nitrogens is 1. The van der Waals surface area contributed by atoms with Crippen LogP contribution < -0.4 is 10.1 Å². The molecule has 1 atom stereocenters. The molecule has 0 saturated carbocycles. The molecule has 0 saturated heterocycles. The van der Waals surface area contributed by atoms with Gasteiger partial charge in [-0.15, -0.1) is 0 Å². The Morgan fingerprint density at radius 1 is 1.28 bits per heavy atom. The number of hydrogen-bond acceptors (Lipinski definition) is 5. The van der Waals surface area contributed by atoms with E-state index in [1.54, 1.807) is 13.0 Å². The zero-order valence-corrected chi connectivity index (χ0v) is 13.4. The van der Waals surface area contributed by atoms with Crippen LogP contribution in [0, 0.1) is 10.1 Å². The molecule has 8 heteroatoms. The summed E-state index contributed by atoms with van der Waals surface area (Å²) in [4.78, 5) is 30.0. The van der Waals surface area contributed by atoms with Crippen LogP contribution in [0.1, 0.15) is 18.8 Å². The van der Waals surface area contributed by atoms with Gasteiger partial charge in [0, 0.05) is 6.07 Å². The van der Waals surface area contributed by atoms with Crippen LogP contribution in [0.25, 0.3) is 11.0 Å². The van der Waals surface area contributed by atoms with Gasteiger partial charge >= 0.3 is 5.69 Å². The molecule has 0 radical (unpaired) electrons. The van der Waals surface area contributed by atoms with E-state index in [0.29, 0.717) is 5.82 Å². The summed E-state index contributed by atoms with van der Waals surface area (Å²) in [5.41, 5.74) is 1.52. The van der Waals surface area contributed by atoms with Gasteiger partial charge in [0.2, 0.25) is 0 Å². The first-order valence-corrected chi connectivity index (χ1v) is 7.65. The van der Waals surface area contributed by atoms with Crippen LogP contribution >= 0.6 is 0 Å². The highest BCUT2D eigenvalue weighted by molar-refractivity contribution is 5.78. The summed E-state index contributed by atoms with van der Waals surface area (Å²) in [5, 5.41) is 13.7. The zero-order valence-electron chi connectivity index (χ0n) is 13.4. The quantitative estimate of drug-likeness (QED) is 0.529. The second kappa shape index (κ2) is 7.00. The summed E-state index contributed by atoms with van der Waals surface area (Å²) in [6.45, 7) is 1.47. The second-order valence-electron chi connectivity index (χ2n) is 5.44. The molecular formula is C17H16N4O4. The van der Waals surface area contributed by atoms with Gasteiger partial charge in [0.1, 0.15) is 5.82 Å². The molecule has 8 nitrogen and oxygen atoms in total. The molecule has 2 N–H and O–H groups in total. The highest BCUT2D eigenvalue weighted by atomic mass is 16.6. The Morgan fingerprint density at radius 3 is 2.76 bits per heavy atom. The van der Waals surface area contributed by atoms with E-state index in [-0.39, 0.29) is 24.1 Å². The van der Waals surface area contributed by atoms with Crippen molar-refractivity contribution < 1.29 is 14.5 Å². The fraction of sp³-hybridized carbons (Fsp3) is 0.176. The largest absolute Gasteiger partial charge is 0.477 e. The zero-order chi connectivity index (χ0) is 17.8. The minimum absolute atomic E-state index is 0.0547. The standard InChI is InChI=1S/C17H16N4O4/c1-11(17-19-12-6-2-3-7-13(12)20-17)18-16(22)10-25-15-9-5-4-8-14(15)21(23)24/h2-9,11H,10H2,1H3,(H,18,22)(H,19,20). The fourth-order valence-corrected chi connectivity index (χ4v) is 2.40. The first-order valence-electron chi connectivity index (χ1n) is 7.65. The molecule has 0 aliphatic heterocycles. The van der Waals surface area contributed by atoms with Gasteiger partial charge < -0.3 is 15.0 Å². The third kappa shape index (κ3) is 3.74. The van der Waals surface area contributed by atoms with E-state index < -0.39 is 10.8 Å². The molecule has 0 fully saturated rings. The van der Waals surface area contributed by atoms with Crippen molar-refractivity contribution in [1.29, 1.82) is 0 Å². The van der Waals surface area contributed by atoms with E-state index in [9.17, 15) is 14.9 Å². The Labute approximate surface area is 143 Å². The van der Waals surface area contributed by atoms with Crippen molar-refractivity contribution in [2.45, 2.75) is 13.0 Å². The van der Waals surface area contributed by atoms with E-state index in [1.807, 2.05) is 24.3 Å². The average molecular weight is 340 g/mol. The van der Waals surface area contributed by atoms with E-state index in [1.165, 1.54) is 18.2 Å². The summed E-state index contributed by atoms with van der Waals surface area (Å²) >= 11 is 0. The number of amides is 1. The van der Waals surface area contributed by atoms with Crippen molar-refractivity contribution in [1.82, 2.24) is 15.3 Å². The number of hydrogen-bond donors (Lipinski definition) is 2.